The monoisotopic (exact) mass is 315 g/mol. The Morgan fingerprint density at radius 1 is 1.17 bits per heavy atom. The number of para-hydroxylation sites is 1. The number of hydrogen-bond acceptors (Lipinski definition) is 5. The second-order valence-corrected chi connectivity index (χ2v) is 6.31. The second kappa shape index (κ2) is 5.85. The molecule has 1 aromatic carbocycles. The van der Waals surface area contributed by atoms with Gasteiger partial charge in [0.1, 0.15) is 18.0 Å². The molecule has 4 rings (SSSR count). The number of rotatable bonds is 2. The molecule has 1 atom stereocenters. The number of hydrazine groups is 1. The topological polar surface area (TPSA) is 61.9 Å². The molecule has 1 aromatic rings. The van der Waals surface area contributed by atoms with Gasteiger partial charge in [0.25, 0.3) is 0 Å². The van der Waals surface area contributed by atoms with Gasteiger partial charge in [-0.05, 0) is 25.5 Å². The molecule has 2 saturated heterocycles. The Hall–Kier alpha value is -2.08. The molecular formula is C17H21N3O3. The van der Waals surface area contributed by atoms with E-state index in [4.69, 9.17) is 4.74 Å². The highest BCUT2D eigenvalue weighted by molar-refractivity contribution is 5.99. The van der Waals surface area contributed by atoms with Crippen LogP contribution in [0.15, 0.2) is 18.2 Å². The van der Waals surface area contributed by atoms with Gasteiger partial charge in [0, 0.05) is 30.9 Å². The Balaban J connectivity index is 1.72. The third-order valence-electron chi connectivity index (χ3n) is 4.85. The minimum Gasteiger partial charge on any atom is -0.489 e. The number of carbonyl (C=O) groups is 2. The fourth-order valence-electron chi connectivity index (χ4n) is 3.72. The van der Waals surface area contributed by atoms with Crippen LogP contribution in [0.3, 0.4) is 0 Å². The summed E-state index contributed by atoms with van der Waals surface area (Å²) in [4.78, 5) is 24.5. The highest BCUT2D eigenvalue weighted by Gasteiger charge is 2.35. The molecule has 0 aromatic heterocycles. The summed E-state index contributed by atoms with van der Waals surface area (Å²) in [6.07, 6.45) is 2.61. The minimum absolute atomic E-state index is 0.109. The van der Waals surface area contributed by atoms with E-state index < -0.39 is 0 Å². The zero-order valence-corrected chi connectivity index (χ0v) is 13.1. The zero-order chi connectivity index (χ0) is 15.8. The Bertz CT molecular complexity index is 624. The third kappa shape index (κ3) is 2.47. The van der Waals surface area contributed by atoms with Crippen LogP contribution < -0.4 is 15.1 Å². The lowest BCUT2D eigenvalue weighted by atomic mass is 9.96. The normalized spacial score (nSPS) is 24.6. The van der Waals surface area contributed by atoms with Crippen LogP contribution in [0, 0.1) is 0 Å². The number of piperidine rings is 1. The molecule has 2 amide bonds. The Morgan fingerprint density at radius 3 is 2.74 bits per heavy atom. The average molecular weight is 315 g/mol. The maximum Gasteiger partial charge on any atom is 0.248 e. The van der Waals surface area contributed by atoms with E-state index in [0.29, 0.717) is 38.3 Å². The predicted molar refractivity (Wildman–Crippen MR) is 85.2 cm³/mol. The van der Waals surface area contributed by atoms with Crippen molar-refractivity contribution in [3.05, 3.63) is 23.8 Å². The minimum atomic E-state index is -0.109. The Morgan fingerprint density at radius 2 is 2.00 bits per heavy atom. The number of fused-ring (bicyclic) bond motifs is 1. The molecule has 1 N–H and O–H groups in total. The van der Waals surface area contributed by atoms with E-state index in [1.807, 2.05) is 17.1 Å². The molecule has 6 nitrogen and oxygen atoms in total. The fraction of sp³-hybridized carbons (Fsp3) is 0.529. The number of anilines is 1. The third-order valence-corrected chi connectivity index (χ3v) is 4.85. The predicted octanol–water partition coefficient (Wildman–Crippen LogP) is 1.42. The SMILES string of the molecule is O=C1CCCC(=O)N1N1CCOc2c([C@H]3CCNC3)cccc21. The van der Waals surface area contributed by atoms with Crippen LogP contribution in [0.5, 0.6) is 5.75 Å². The van der Waals surface area contributed by atoms with Gasteiger partial charge in [-0.15, -0.1) is 0 Å². The van der Waals surface area contributed by atoms with Gasteiger partial charge in [-0.2, -0.15) is 5.01 Å². The lowest BCUT2D eigenvalue weighted by Crippen LogP contribution is -2.54. The van der Waals surface area contributed by atoms with Crippen LogP contribution in [0.1, 0.15) is 37.2 Å². The van der Waals surface area contributed by atoms with E-state index in [1.54, 1.807) is 0 Å². The number of nitrogens with zero attached hydrogens (tertiary/aromatic N) is 2. The van der Waals surface area contributed by atoms with Gasteiger partial charge in [0.2, 0.25) is 11.8 Å². The first kappa shape index (κ1) is 14.5. The number of hydrogen-bond donors (Lipinski definition) is 1. The van der Waals surface area contributed by atoms with Crippen molar-refractivity contribution in [2.45, 2.75) is 31.6 Å². The molecule has 6 heteroatoms. The first-order valence-electron chi connectivity index (χ1n) is 8.35. The molecule has 3 aliphatic rings. The number of ether oxygens (including phenoxy) is 1. The molecule has 0 spiro atoms. The van der Waals surface area contributed by atoms with Crippen LogP contribution in [0.2, 0.25) is 0 Å². The summed E-state index contributed by atoms with van der Waals surface area (Å²) in [5.74, 6) is 1.04. The van der Waals surface area contributed by atoms with Crippen molar-refractivity contribution in [3.8, 4) is 5.75 Å². The largest absolute Gasteiger partial charge is 0.489 e. The van der Waals surface area contributed by atoms with Crippen LogP contribution in [-0.2, 0) is 9.59 Å². The van der Waals surface area contributed by atoms with Crippen molar-refractivity contribution in [2.75, 3.05) is 31.3 Å². The van der Waals surface area contributed by atoms with Crippen LogP contribution >= 0.6 is 0 Å². The highest BCUT2D eigenvalue weighted by Crippen LogP contribution is 2.41. The summed E-state index contributed by atoms with van der Waals surface area (Å²) < 4.78 is 5.94. The first-order chi connectivity index (χ1) is 11.3. The zero-order valence-electron chi connectivity index (χ0n) is 13.1. The average Bonchev–Trinajstić information content (AvgIpc) is 3.08. The summed E-state index contributed by atoms with van der Waals surface area (Å²) in [5.41, 5.74) is 2.01. The van der Waals surface area contributed by atoms with Crippen molar-refractivity contribution >= 4 is 17.5 Å². The summed E-state index contributed by atoms with van der Waals surface area (Å²) in [6, 6.07) is 6.03. The molecule has 23 heavy (non-hydrogen) atoms. The number of imide groups is 1. The molecule has 0 saturated carbocycles. The number of benzene rings is 1. The van der Waals surface area contributed by atoms with Gasteiger partial charge in [0.05, 0.1) is 6.54 Å². The summed E-state index contributed by atoms with van der Waals surface area (Å²) in [7, 11) is 0. The molecule has 0 radical (unpaired) electrons. The van der Waals surface area contributed by atoms with Crippen LogP contribution in [-0.4, -0.2) is 43.1 Å². The van der Waals surface area contributed by atoms with E-state index in [9.17, 15) is 9.59 Å². The number of carbonyl (C=O) groups excluding carboxylic acids is 2. The van der Waals surface area contributed by atoms with Crippen molar-refractivity contribution in [2.24, 2.45) is 0 Å². The van der Waals surface area contributed by atoms with Crippen LogP contribution in [0.4, 0.5) is 5.69 Å². The number of nitrogens with one attached hydrogen (secondary N) is 1. The van der Waals surface area contributed by atoms with E-state index in [2.05, 4.69) is 11.4 Å². The fourth-order valence-corrected chi connectivity index (χ4v) is 3.72. The van der Waals surface area contributed by atoms with Gasteiger partial charge in [-0.3, -0.25) is 14.6 Å². The Kier molecular flexibility index (Phi) is 3.69. The molecule has 3 aliphatic heterocycles. The summed E-state index contributed by atoms with van der Waals surface area (Å²) in [6.45, 7) is 2.97. The van der Waals surface area contributed by atoms with Gasteiger partial charge in [-0.1, -0.05) is 12.1 Å². The van der Waals surface area contributed by atoms with Crippen LogP contribution in [0.25, 0.3) is 0 Å². The molecule has 122 valence electrons. The van der Waals surface area contributed by atoms with Gasteiger partial charge in [-0.25, -0.2) is 0 Å². The lowest BCUT2D eigenvalue weighted by Gasteiger charge is -2.40. The van der Waals surface area contributed by atoms with Gasteiger partial charge in [0.15, 0.2) is 0 Å². The molecule has 0 unspecified atom stereocenters. The van der Waals surface area contributed by atoms with Crippen molar-refractivity contribution in [1.82, 2.24) is 10.3 Å². The maximum atomic E-state index is 12.3. The standard InChI is InChI=1S/C17H21N3O3/c21-15-5-2-6-16(22)20(15)19-9-10-23-17-13(3-1-4-14(17)19)12-7-8-18-11-12/h1,3-4,12,18H,2,5-11H2/t12-/m0/s1. The molecule has 0 bridgehead atoms. The van der Waals surface area contributed by atoms with Gasteiger partial charge >= 0.3 is 0 Å². The van der Waals surface area contributed by atoms with E-state index >= 15 is 0 Å². The molecule has 0 aliphatic carbocycles. The molecule has 2 fully saturated rings. The van der Waals surface area contributed by atoms with Gasteiger partial charge < -0.3 is 10.1 Å². The molecular weight excluding hydrogens is 294 g/mol. The quantitative estimate of drug-likeness (QED) is 0.836. The van der Waals surface area contributed by atoms with E-state index in [-0.39, 0.29) is 11.8 Å². The number of amides is 2. The second-order valence-electron chi connectivity index (χ2n) is 6.31. The first-order valence-corrected chi connectivity index (χ1v) is 8.35. The molecule has 3 heterocycles. The van der Waals surface area contributed by atoms with Crippen molar-refractivity contribution in [1.29, 1.82) is 0 Å². The summed E-state index contributed by atoms with van der Waals surface area (Å²) >= 11 is 0. The smallest absolute Gasteiger partial charge is 0.248 e. The van der Waals surface area contributed by atoms with Crippen molar-refractivity contribution < 1.29 is 14.3 Å². The van der Waals surface area contributed by atoms with Crippen molar-refractivity contribution in [3.63, 3.8) is 0 Å². The maximum absolute atomic E-state index is 12.3. The Labute approximate surface area is 135 Å². The van der Waals surface area contributed by atoms with E-state index in [0.717, 1.165) is 30.9 Å². The highest BCUT2D eigenvalue weighted by atomic mass is 16.5. The summed E-state index contributed by atoms with van der Waals surface area (Å²) in [5, 5.41) is 6.53. The van der Waals surface area contributed by atoms with E-state index in [1.165, 1.54) is 10.6 Å². The lowest BCUT2D eigenvalue weighted by molar-refractivity contribution is -0.149.